The second-order valence-electron chi connectivity index (χ2n) is 5.28. The van der Waals surface area contributed by atoms with Crippen LogP contribution < -0.4 is 15.8 Å². The second kappa shape index (κ2) is 6.09. The molecule has 1 amide bonds. The Kier molecular flexibility index (Phi) is 4.42. The van der Waals surface area contributed by atoms with Crippen LogP contribution in [-0.4, -0.2) is 29.5 Å². The van der Waals surface area contributed by atoms with Crippen LogP contribution in [0.4, 0.5) is 5.69 Å². The lowest BCUT2D eigenvalue weighted by molar-refractivity contribution is -0.384. The van der Waals surface area contributed by atoms with Crippen molar-refractivity contribution in [2.45, 2.75) is 37.3 Å². The van der Waals surface area contributed by atoms with Gasteiger partial charge < -0.3 is 15.8 Å². The first-order chi connectivity index (χ1) is 9.97. The number of nitro groups is 1. The molecule has 2 atom stereocenters. The maximum Gasteiger partial charge on any atom is 0.269 e. The Bertz CT molecular complexity index is 532. The van der Waals surface area contributed by atoms with Crippen LogP contribution in [0.1, 0.15) is 25.7 Å². The summed E-state index contributed by atoms with van der Waals surface area (Å²) >= 11 is 0. The van der Waals surface area contributed by atoms with Crippen molar-refractivity contribution in [3.8, 4) is 5.75 Å². The summed E-state index contributed by atoms with van der Waals surface area (Å²) in [5.41, 5.74) is 4.78. The number of non-ortho nitro benzene ring substituents is 1. The number of hydrogen-bond acceptors (Lipinski definition) is 5. The van der Waals surface area contributed by atoms with Crippen molar-refractivity contribution in [2.24, 2.45) is 5.73 Å². The number of rotatable bonds is 5. The van der Waals surface area contributed by atoms with E-state index >= 15 is 0 Å². The summed E-state index contributed by atoms with van der Waals surface area (Å²) in [7, 11) is 1.72. The summed E-state index contributed by atoms with van der Waals surface area (Å²) in [4.78, 5) is 21.8. The second-order valence-corrected chi connectivity index (χ2v) is 5.28. The quantitative estimate of drug-likeness (QED) is 0.629. The van der Waals surface area contributed by atoms with Crippen LogP contribution in [0.3, 0.4) is 0 Å². The van der Waals surface area contributed by atoms with Gasteiger partial charge in [0.25, 0.3) is 5.69 Å². The first kappa shape index (κ1) is 15.2. The third kappa shape index (κ3) is 3.30. The van der Waals surface area contributed by atoms with Gasteiger partial charge in [0, 0.05) is 18.6 Å². The van der Waals surface area contributed by atoms with Gasteiger partial charge in [-0.15, -0.1) is 0 Å². The molecule has 114 valence electrons. The standard InChI is InChI=1S/C14H19N3O4/c1-16-14(13(15)18)8-2-3-12(9-14)21-11-6-4-10(5-7-11)17(19)20/h4-7,12,16H,2-3,8-9H2,1H3,(H2,15,18). The van der Waals surface area contributed by atoms with Crippen molar-refractivity contribution in [3.63, 3.8) is 0 Å². The summed E-state index contributed by atoms with van der Waals surface area (Å²) in [5.74, 6) is 0.184. The minimum Gasteiger partial charge on any atom is -0.490 e. The molecular formula is C14H19N3O4. The SMILES string of the molecule is CNC1(C(N)=O)CCCC(Oc2ccc([N+](=O)[O-])cc2)C1. The molecule has 1 saturated carbocycles. The number of carbonyl (C=O) groups excluding carboxylic acids is 1. The molecule has 1 aromatic rings. The highest BCUT2D eigenvalue weighted by atomic mass is 16.6. The van der Waals surface area contributed by atoms with E-state index < -0.39 is 10.5 Å². The third-order valence-electron chi connectivity index (χ3n) is 4.01. The zero-order valence-electron chi connectivity index (χ0n) is 11.9. The molecule has 21 heavy (non-hydrogen) atoms. The highest BCUT2D eigenvalue weighted by Crippen LogP contribution is 2.31. The molecule has 0 aromatic heterocycles. The highest BCUT2D eigenvalue weighted by molar-refractivity contribution is 5.84. The van der Waals surface area contributed by atoms with Crippen LogP contribution in [-0.2, 0) is 4.79 Å². The third-order valence-corrected chi connectivity index (χ3v) is 4.01. The van der Waals surface area contributed by atoms with Crippen LogP contribution in [0.25, 0.3) is 0 Å². The van der Waals surface area contributed by atoms with Gasteiger partial charge in [-0.2, -0.15) is 0 Å². The van der Waals surface area contributed by atoms with E-state index in [2.05, 4.69) is 5.32 Å². The summed E-state index contributed by atoms with van der Waals surface area (Å²) < 4.78 is 5.83. The normalized spacial score (nSPS) is 25.3. The van der Waals surface area contributed by atoms with E-state index in [4.69, 9.17) is 10.5 Å². The topological polar surface area (TPSA) is 107 Å². The number of benzene rings is 1. The Morgan fingerprint density at radius 3 is 2.67 bits per heavy atom. The molecule has 7 heteroatoms. The van der Waals surface area contributed by atoms with Gasteiger partial charge in [-0.25, -0.2) is 0 Å². The van der Waals surface area contributed by atoms with Gasteiger partial charge in [-0.1, -0.05) is 0 Å². The molecule has 2 unspecified atom stereocenters. The van der Waals surface area contributed by atoms with Crippen molar-refractivity contribution < 1.29 is 14.5 Å². The van der Waals surface area contributed by atoms with Crippen LogP contribution in [0.5, 0.6) is 5.75 Å². The van der Waals surface area contributed by atoms with E-state index in [1.54, 1.807) is 19.2 Å². The van der Waals surface area contributed by atoms with E-state index in [0.717, 1.165) is 12.8 Å². The smallest absolute Gasteiger partial charge is 0.269 e. The fraction of sp³-hybridized carbons (Fsp3) is 0.500. The van der Waals surface area contributed by atoms with Crippen LogP contribution in [0.2, 0.25) is 0 Å². The number of nitro benzene ring substituents is 1. The van der Waals surface area contributed by atoms with Gasteiger partial charge in [0.15, 0.2) is 0 Å². The van der Waals surface area contributed by atoms with Crippen molar-refractivity contribution in [3.05, 3.63) is 34.4 Å². The van der Waals surface area contributed by atoms with Crippen molar-refractivity contribution in [1.29, 1.82) is 0 Å². The van der Waals surface area contributed by atoms with Crippen molar-refractivity contribution in [1.82, 2.24) is 5.32 Å². The summed E-state index contributed by atoms with van der Waals surface area (Å²) in [6.45, 7) is 0. The molecule has 2 rings (SSSR count). The Morgan fingerprint density at radius 1 is 1.48 bits per heavy atom. The zero-order valence-corrected chi connectivity index (χ0v) is 11.9. The number of nitrogens with zero attached hydrogens (tertiary/aromatic N) is 1. The minimum atomic E-state index is -0.732. The van der Waals surface area contributed by atoms with E-state index in [-0.39, 0.29) is 17.7 Å². The molecule has 0 saturated heterocycles. The van der Waals surface area contributed by atoms with Crippen LogP contribution in [0, 0.1) is 10.1 Å². The van der Waals surface area contributed by atoms with E-state index in [0.29, 0.717) is 18.6 Å². The fourth-order valence-corrected chi connectivity index (χ4v) is 2.74. The Balaban J connectivity index is 2.05. The van der Waals surface area contributed by atoms with Gasteiger partial charge in [0.1, 0.15) is 17.4 Å². The lowest BCUT2D eigenvalue weighted by atomic mass is 9.79. The number of primary amides is 1. The molecule has 0 aliphatic heterocycles. The molecular weight excluding hydrogens is 274 g/mol. The molecule has 1 aromatic carbocycles. The molecule has 7 nitrogen and oxygen atoms in total. The lowest BCUT2D eigenvalue weighted by Crippen LogP contribution is -2.58. The molecule has 1 fully saturated rings. The number of nitrogens with two attached hydrogens (primary N) is 1. The van der Waals surface area contributed by atoms with Gasteiger partial charge in [-0.05, 0) is 38.4 Å². The first-order valence-electron chi connectivity index (χ1n) is 6.87. The maximum atomic E-state index is 11.7. The first-order valence-corrected chi connectivity index (χ1v) is 6.87. The Morgan fingerprint density at radius 2 is 2.14 bits per heavy atom. The van der Waals surface area contributed by atoms with E-state index in [1.807, 2.05) is 0 Å². The fourth-order valence-electron chi connectivity index (χ4n) is 2.74. The maximum absolute atomic E-state index is 11.7. The average molecular weight is 293 g/mol. The molecule has 3 N–H and O–H groups in total. The summed E-state index contributed by atoms with van der Waals surface area (Å²) in [5, 5.41) is 13.6. The Hall–Kier alpha value is -2.15. The predicted molar refractivity (Wildman–Crippen MR) is 77.0 cm³/mol. The van der Waals surface area contributed by atoms with Crippen molar-refractivity contribution >= 4 is 11.6 Å². The number of nitrogens with one attached hydrogen (secondary N) is 1. The number of hydrogen-bond donors (Lipinski definition) is 2. The number of carbonyl (C=O) groups is 1. The molecule has 1 aliphatic rings. The summed E-state index contributed by atoms with van der Waals surface area (Å²) in [6, 6.07) is 5.94. The highest BCUT2D eigenvalue weighted by Gasteiger charge is 2.40. The Labute approximate surface area is 122 Å². The van der Waals surface area contributed by atoms with E-state index in [1.165, 1.54) is 12.1 Å². The molecule has 0 heterocycles. The van der Waals surface area contributed by atoms with Crippen molar-refractivity contribution in [2.75, 3.05) is 7.05 Å². The molecule has 1 aliphatic carbocycles. The zero-order chi connectivity index (χ0) is 15.5. The molecule has 0 radical (unpaired) electrons. The van der Waals surface area contributed by atoms with E-state index in [9.17, 15) is 14.9 Å². The van der Waals surface area contributed by atoms with Gasteiger partial charge in [0.05, 0.1) is 4.92 Å². The summed E-state index contributed by atoms with van der Waals surface area (Å²) in [6.07, 6.45) is 2.71. The lowest BCUT2D eigenvalue weighted by Gasteiger charge is -2.38. The predicted octanol–water partition coefficient (Wildman–Crippen LogP) is 1.36. The minimum absolute atomic E-state index is 0.0210. The monoisotopic (exact) mass is 293 g/mol. The van der Waals surface area contributed by atoms with Crippen LogP contribution >= 0.6 is 0 Å². The van der Waals surface area contributed by atoms with Gasteiger partial charge in [-0.3, -0.25) is 14.9 Å². The molecule has 0 spiro atoms. The van der Waals surface area contributed by atoms with Gasteiger partial charge in [0.2, 0.25) is 5.91 Å². The number of ether oxygens (including phenoxy) is 1. The molecule has 0 bridgehead atoms. The number of amides is 1. The van der Waals surface area contributed by atoms with Crippen LogP contribution in [0.15, 0.2) is 24.3 Å². The largest absolute Gasteiger partial charge is 0.490 e. The number of likely N-dealkylation sites (N-methyl/N-ethyl adjacent to an activating group) is 1. The average Bonchev–Trinajstić information content (AvgIpc) is 2.47. The van der Waals surface area contributed by atoms with Gasteiger partial charge >= 0.3 is 0 Å².